The fourth-order valence-electron chi connectivity index (χ4n) is 1.79. The Hall–Kier alpha value is -2.21. The van der Waals surface area contributed by atoms with Crippen LogP contribution in [0, 0.1) is 12.3 Å². The van der Waals surface area contributed by atoms with Gasteiger partial charge in [0.2, 0.25) is 17.7 Å². The molecule has 0 spiro atoms. The number of hydrogen-bond acceptors (Lipinski definition) is 5. The quantitative estimate of drug-likeness (QED) is 0.904. The molecule has 0 radical (unpaired) electrons. The number of para-hydroxylation sites is 1. The van der Waals surface area contributed by atoms with Gasteiger partial charge in [0.15, 0.2) is 0 Å². The Balaban J connectivity index is 2.28. The van der Waals surface area contributed by atoms with Crippen LogP contribution in [-0.2, 0) is 4.79 Å². The Bertz CT molecular complexity index is 643. The molecule has 3 N–H and O–H groups in total. The van der Waals surface area contributed by atoms with E-state index in [0.29, 0.717) is 23.0 Å². The normalized spacial score (nSPS) is 13.0. The van der Waals surface area contributed by atoms with Crippen molar-refractivity contribution in [2.75, 3.05) is 5.32 Å². The third kappa shape index (κ3) is 3.46. The van der Waals surface area contributed by atoms with Gasteiger partial charge >= 0.3 is 0 Å². The van der Waals surface area contributed by atoms with E-state index < -0.39 is 6.04 Å². The first-order chi connectivity index (χ1) is 9.79. The second-order valence-corrected chi connectivity index (χ2v) is 6.00. The van der Waals surface area contributed by atoms with Crippen LogP contribution in [0.3, 0.4) is 0 Å². The summed E-state index contributed by atoms with van der Waals surface area (Å²) in [5, 5.41) is 10.6. The van der Waals surface area contributed by atoms with E-state index in [9.17, 15) is 4.79 Å². The Kier molecular flexibility index (Phi) is 4.09. The van der Waals surface area contributed by atoms with Crippen molar-refractivity contribution in [3.8, 4) is 11.5 Å². The smallest absolute Gasteiger partial charge is 0.249 e. The zero-order valence-corrected chi connectivity index (χ0v) is 12.7. The second kappa shape index (κ2) is 5.65. The fourth-order valence-corrected chi connectivity index (χ4v) is 1.79. The van der Waals surface area contributed by atoms with Crippen molar-refractivity contribution in [2.24, 2.45) is 11.1 Å². The van der Waals surface area contributed by atoms with Crippen LogP contribution in [0.5, 0.6) is 0 Å². The molecule has 1 unspecified atom stereocenters. The minimum absolute atomic E-state index is 0.244. The number of carbonyl (C=O) groups excluding carboxylic acids is 1. The summed E-state index contributed by atoms with van der Waals surface area (Å²) < 4.78 is 5.41. The van der Waals surface area contributed by atoms with Crippen molar-refractivity contribution in [3.05, 3.63) is 30.2 Å². The summed E-state index contributed by atoms with van der Waals surface area (Å²) in [5.74, 6) is 0.594. The number of aromatic nitrogens is 2. The molecule has 0 aliphatic heterocycles. The highest BCUT2D eigenvalue weighted by atomic mass is 16.4. The number of anilines is 1. The topological polar surface area (TPSA) is 94.0 Å². The molecule has 0 fully saturated rings. The number of nitrogens with zero attached hydrogens (tertiary/aromatic N) is 2. The molecular formula is C15H20N4O2. The summed E-state index contributed by atoms with van der Waals surface area (Å²) in [5.41, 5.74) is 6.93. The van der Waals surface area contributed by atoms with Gasteiger partial charge in [-0.3, -0.25) is 4.79 Å². The lowest BCUT2D eigenvalue weighted by molar-refractivity contribution is -0.119. The lowest BCUT2D eigenvalue weighted by Crippen LogP contribution is -2.45. The Morgan fingerprint density at radius 2 is 1.95 bits per heavy atom. The fraction of sp³-hybridized carbons (Fsp3) is 0.400. The van der Waals surface area contributed by atoms with Crippen LogP contribution in [0.25, 0.3) is 11.5 Å². The van der Waals surface area contributed by atoms with Crippen molar-refractivity contribution < 1.29 is 9.21 Å². The molecule has 2 rings (SSSR count). The highest BCUT2D eigenvalue weighted by Gasteiger charge is 2.28. The number of nitrogens with two attached hydrogens (primary N) is 1. The van der Waals surface area contributed by atoms with Gasteiger partial charge in [-0.1, -0.05) is 32.9 Å². The molecule has 1 atom stereocenters. The summed E-state index contributed by atoms with van der Waals surface area (Å²) in [6.07, 6.45) is 0. The van der Waals surface area contributed by atoms with Gasteiger partial charge in [-0.05, 0) is 17.5 Å². The summed E-state index contributed by atoms with van der Waals surface area (Å²) in [4.78, 5) is 12.2. The monoisotopic (exact) mass is 288 g/mol. The number of aryl methyl sites for hydroxylation is 1. The number of amides is 1. The first-order valence-electron chi connectivity index (χ1n) is 6.75. The molecule has 1 heterocycles. The van der Waals surface area contributed by atoms with Crippen LogP contribution in [0.2, 0.25) is 0 Å². The van der Waals surface area contributed by atoms with Gasteiger partial charge in [0.25, 0.3) is 0 Å². The van der Waals surface area contributed by atoms with Gasteiger partial charge in [-0.15, -0.1) is 10.2 Å². The van der Waals surface area contributed by atoms with Crippen molar-refractivity contribution in [1.29, 1.82) is 0 Å². The van der Waals surface area contributed by atoms with Crippen LogP contribution in [-0.4, -0.2) is 22.1 Å². The maximum absolute atomic E-state index is 12.2. The summed E-state index contributed by atoms with van der Waals surface area (Å²) in [7, 11) is 0. The molecular weight excluding hydrogens is 268 g/mol. The van der Waals surface area contributed by atoms with E-state index in [2.05, 4.69) is 15.5 Å². The van der Waals surface area contributed by atoms with Crippen molar-refractivity contribution in [2.45, 2.75) is 33.7 Å². The molecule has 0 bridgehead atoms. The number of benzene rings is 1. The molecule has 6 nitrogen and oxygen atoms in total. The van der Waals surface area contributed by atoms with E-state index in [0.717, 1.165) is 0 Å². The molecule has 21 heavy (non-hydrogen) atoms. The lowest BCUT2D eigenvalue weighted by atomic mass is 9.87. The largest absolute Gasteiger partial charge is 0.421 e. The molecule has 2 aromatic rings. The van der Waals surface area contributed by atoms with E-state index in [1.165, 1.54) is 0 Å². The van der Waals surface area contributed by atoms with E-state index in [1.807, 2.05) is 39.0 Å². The molecule has 6 heteroatoms. The summed E-state index contributed by atoms with van der Waals surface area (Å²) in [6, 6.07) is 6.64. The van der Waals surface area contributed by atoms with Gasteiger partial charge in [0.05, 0.1) is 17.3 Å². The molecule has 0 saturated heterocycles. The minimum Gasteiger partial charge on any atom is -0.421 e. The van der Waals surface area contributed by atoms with Gasteiger partial charge in [0, 0.05) is 6.92 Å². The van der Waals surface area contributed by atoms with E-state index in [-0.39, 0.29) is 11.3 Å². The van der Waals surface area contributed by atoms with Crippen molar-refractivity contribution in [1.82, 2.24) is 10.2 Å². The molecule has 1 aromatic heterocycles. The first kappa shape index (κ1) is 15.2. The minimum atomic E-state index is -0.616. The average Bonchev–Trinajstić information content (AvgIpc) is 2.84. The Morgan fingerprint density at radius 1 is 1.29 bits per heavy atom. The van der Waals surface area contributed by atoms with E-state index >= 15 is 0 Å². The number of rotatable bonds is 3. The maximum Gasteiger partial charge on any atom is 0.249 e. The molecule has 1 amide bonds. The van der Waals surface area contributed by atoms with Gasteiger partial charge in [-0.2, -0.15) is 0 Å². The third-order valence-electron chi connectivity index (χ3n) is 3.16. The summed E-state index contributed by atoms with van der Waals surface area (Å²) in [6.45, 7) is 7.48. The second-order valence-electron chi connectivity index (χ2n) is 6.00. The van der Waals surface area contributed by atoms with Crippen LogP contribution >= 0.6 is 0 Å². The highest BCUT2D eigenvalue weighted by Crippen LogP contribution is 2.27. The van der Waals surface area contributed by atoms with Gasteiger partial charge < -0.3 is 15.5 Å². The van der Waals surface area contributed by atoms with Gasteiger partial charge in [0.1, 0.15) is 0 Å². The zero-order chi connectivity index (χ0) is 15.6. The zero-order valence-electron chi connectivity index (χ0n) is 12.7. The number of carbonyl (C=O) groups is 1. The molecule has 1 aromatic carbocycles. The van der Waals surface area contributed by atoms with E-state index in [4.69, 9.17) is 10.2 Å². The SMILES string of the molecule is Cc1nnc(-c2ccccc2NC(=O)C(N)C(C)(C)C)o1. The van der Waals surface area contributed by atoms with Crippen LogP contribution in [0.1, 0.15) is 26.7 Å². The molecule has 0 saturated carbocycles. The highest BCUT2D eigenvalue weighted by molar-refractivity contribution is 5.98. The number of nitrogens with one attached hydrogen (secondary N) is 1. The van der Waals surface area contributed by atoms with Gasteiger partial charge in [-0.25, -0.2) is 0 Å². The van der Waals surface area contributed by atoms with Crippen LogP contribution in [0.15, 0.2) is 28.7 Å². The molecule has 0 aliphatic rings. The van der Waals surface area contributed by atoms with Crippen molar-refractivity contribution in [3.63, 3.8) is 0 Å². The number of hydrogen-bond donors (Lipinski definition) is 2. The van der Waals surface area contributed by atoms with E-state index in [1.54, 1.807) is 13.0 Å². The predicted octanol–water partition coefficient (Wildman–Crippen LogP) is 2.36. The summed E-state index contributed by atoms with van der Waals surface area (Å²) >= 11 is 0. The molecule has 112 valence electrons. The Labute approximate surface area is 123 Å². The van der Waals surface area contributed by atoms with Crippen LogP contribution in [0.4, 0.5) is 5.69 Å². The molecule has 0 aliphatic carbocycles. The van der Waals surface area contributed by atoms with Crippen LogP contribution < -0.4 is 11.1 Å². The lowest BCUT2D eigenvalue weighted by Gasteiger charge is -2.26. The average molecular weight is 288 g/mol. The first-order valence-corrected chi connectivity index (χ1v) is 6.75. The maximum atomic E-state index is 12.2. The van der Waals surface area contributed by atoms with Crippen molar-refractivity contribution >= 4 is 11.6 Å². The Morgan fingerprint density at radius 3 is 2.52 bits per heavy atom. The third-order valence-corrected chi connectivity index (χ3v) is 3.16. The predicted molar refractivity (Wildman–Crippen MR) is 80.5 cm³/mol. The standard InChI is InChI=1S/C15H20N4O2/c1-9-18-19-14(21-9)10-7-5-6-8-11(10)17-13(20)12(16)15(2,3)4/h5-8,12H,16H2,1-4H3,(H,17,20).